The van der Waals surface area contributed by atoms with Crippen molar-refractivity contribution < 1.29 is 22.7 Å². The minimum Gasteiger partial charge on any atom is -0.497 e. The topological polar surface area (TPSA) is 84.9 Å². The Bertz CT molecular complexity index is 1180. The van der Waals surface area contributed by atoms with Gasteiger partial charge in [0.15, 0.2) is 0 Å². The third kappa shape index (κ3) is 5.39. The molecule has 1 N–H and O–H groups in total. The first-order valence-electron chi connectivity index (χ1n) is 9.97. The molecule has 1 amide bonds. The van der Waals surface area contributed by atoms with Crippen LogP contribution in [0.1, 0.15) is 11.1 Å². The molecule has 0 bridgehead atoms. The van der Waals surface area contributed by atoms with Crippen molar-refractivity contribution in [2.75, 3.05) is 25.1 Å². The summed E-state index contributed by atoms with van der Waals surface area (Å²) in [6.45, 7) is 1.85. The largest absolute Gasteiger partial charge is 0.497 e. The van der Waals surface area contributed by atoms with Crippen molar-refractivity contribution in [3.63, 3.8) is 0 Å². The molecule has 0 unspecified atom stereocenters. The maximum absolute atomic E-state index is 13.5. The van der Waals surface area contributed by atoms with Crippen LogP contribution in [0.2, 0.25) is 0 Å². The molecule has 0 aromatic heterocycles. The molecule has 3 aromatic rings. The van der Waals surface area contributed by atoms with Gasteiger partial charge < -0.3 is 14.8 Å². The van der Waals surface area contributed by atoms with Crippen molar-refractivity contribution in [1.29, 1.82) is 0 Å². The Balaban J connectivity index is 1.93. The number of amides is 1. The molecule has 0 saturated carbocycles. The quantitative estimate of drug-likeness (QED) is 0.535. The maximum atomic E-state index is 13.5. The zero-order valence-electron chi connectivity index (χ0n) is 18.2. The number of carbonyl (C=O) groups excluding carboxylic acids is 1. The van der Waals surface area contributed by atoms with E-state index in [-0.39, 0.29) is 16.3 Å². The second-order valence-corrected chi connectivity index (χ2v) is 8.99. The lowest BCUT2D eigenvalue weighted by molar-refractivity contribution is -0.119. The summed E-state index contributed by atoms with van der Waals surface area (Å²) in [7, 11) is -1.10. The van der Waals surface area contributed by atoms with E-state index in [1.807, 2.05) is 31.2 Å². The molecule has 0 spiro atoms. The maximum Gasteiger partial charge on any atom is 0.264 e. The van der Waals surface area contributed by atoms with Crippen LogP contribution < -0.4 is 19.1 Å². The zero-order valence-corrected chi connectivity index (χ0v) is 19.1. The lowest BCUT2D eigenvalue weighted by atomic mass is 10.1. The van der Waals surface area contributed by atoms with E-state index in [9.17, 15) is 13.2 Å². The van der Waals surface area contributed by atoms with Crippen LogP contribution in [-0.4, -0.2) is 35.1 Å². The first-order chi connectivity index (χ1) is 15.3. The number of hydrogen-bond donors (Lipinski definition) is 1. The molecule has 7 nitrogen and oxygen atoms in total. The number of nitrogens with one attached hydrogen (secondary N) is 1. The molecule has 168 valence electrons. The highest BCUT2D eigenvalue weighted by Gasteiger charge is 2.29. The zero-order chi connectivity index (χ0) is 23.1. The fraction of sp³-hybridized carbons (Fsp3) is 0.208. The SMILES string of the molecule is COc1ccc(N(CC(=O)NCc2cccc(C)c2)S(=O)(=O)c2ccccc2)c(OC)c1. The summed E-state index contributed by atoms with van der Waals surface area (Å²) in [5.41, 5.74) is 2.24. The number of nitrogens with zero attached hydrogens (tertiary/aromatic N) is 1. The van der Waals surface area contributed by atoms with Crippen LogP contribution in [0.15, 0.2) is 77.7 Å². The average molecular weight is 455 g/mol. The number of benzene rings is 3. The number of methoxy groups -OCH3 is 2. The van der Waals surface area contributed by atoms with Gasteiger partial charge in [0.25, 0.3) is 10.0 Å². The molecular formula is C24H26N2O5S. The summed E-state index contributed by atoms with van der Waals surface area (Å²) in [5.74, 6) is 0.339. The van der Waals surface area contributed by atoms with Crippen molar-refractivity contribution >= 4 is 21.6 Å². The number of aryl methyl sites for hydroxylation is 1. The Morgan fingerprint density at radius 2 is 1.69 bits per heavy atom. The van der Waals surface area contributed by atoms with Crippen LogP contribution in [0, 0.1) is 6.92 Å². The van der Waals surface area contributed by atoms with Crippen LogP contribution in [0.5, 0.6) is 11.5 Å². The lowest BCUT2D eigenvalue weighted by Crippen LogP contribution is -2.40. The summed E-state index contributed by atoms with van der Waals surface area (Å²) >= 11 is 0. The minimum absolute atomic E-state index is 0.0735. The predicted molar refractivity (Wildman–Crippen MR) is 124 cm³/mol. The summed E-state index contributed by atoms with van der Waals surface area (Å²) in [6, 6.07) is 20.5. The van der Waals surface area contributed by atoms with E-state index < -0.39 is 22.5 Å². The van der Waals surface area contributed by atoms with E-state index >= 15 is 0 Å². The standard InChI is InChI=1S/C24H26N2O5S/c1-18-8-7-9-19(14-18)16-25-24(27)17-26(32(28,29)21-10-5-4-6-11-21)22-13-12-20(30-2)15-23(22)31-3/h4-15H,16-17H2,1-3H3,(H,25,27). The number of anilines is 1. The molecule has 0 heterocycles. The van der Waals surface area contributed by atoms with E-state index in [0.717, 1.165) is 15.4 Å². The number of ether oxygens (including phenoxy) is 2. The highest BCUT2D eigenvalue weighted by Crippen LogP contribution is 2.35. The Morgan fingerprint density at radius 3 is 2.34 bits per heavy atom. The highest BCUT2D eigenvalue weighted by atomic mass is 32.2. The Hall–Kier alpha value is -3.52. The second-order valence-electron chi connectivity index (χ2n) is 7.13. The third-order valence-corrected chi connectivity index (χ3v) is 6.62. The van der Waals surface area contributed by atoms with Gasteiger partial charge in [-0.05, 0) is 36.8 Å². The monoisotopic (exact) mass is 454 g/mol. The number of rotatable bonds is 9. The molecule has 3 aromatic carbocycles. The molecule has 0 atom stereocenters. The Kier molecular flexibility index (Phi) is 7.37. The predicted octanol–water partition coefficient (Wildman–Crippen LogP) is 3.52. The van der Waals surface area contributed by atoms with Crippen molar-refractivity contribution in [2.45, 2.75) is 18.4 Å². The van der Waals surface area contributed by atoms with Crippen molar-refractivity contribution in [3.05, 3.63) is 83.9 Å². The summed E-state index contributed by atoms with van der Waals surface area (Å²) in [5, 5.41) is 2.80. The first-order valence-corrected chi connectivity index (χ1v) is 11.4. The smallest absolute Gasteiger partial charge is 0.264 e. The van der Waals surface area contributed by atoms with Gasteiger partial charge in [0, 0.05) is 12.6 Å². The van der Waals surface area contributed by atoms with Gasteiger partial charge in [-0.2, -0.15) is 0 Å². The third-order valence-electron chi connectivity index (χ3n) is 4.85. The molecule has 0 fully saturated rings. The van der Waals surface area contributed by atoms with Crippen LogP contribution in [-0.2, 0) is 21.4 Å². The van der Waals surface area contributed by atoms with E-state index in [1.54, 1.807) is 36.4 Å². The molecule has 32 heavy (non-hydrogen) atoms. The van der Waals surface area contributed by atoms with Crippen LogP contribution in [0.4, 0.5) is 5.69 Å². The van der Waals surface area contributed by atoms with Gasteiger partial charge in [0.2, 0.25) is 5.91 Å². The summed E-state index contributed by atoms with van der Waals surface area (Å²) in [6.07, 6.45) is 0. The fourth-order valence-electron chi connectivity index (χ4n) is 3.22. The Labute approximate surface area is 188 Å². The van der Waals surface area contributed by atoms with Gasteiger partial charge in [-0.1, -0.05) is 48.0 Å². The second kappa shape index (κ2) is 10.2. The van der Waals surface area contributed by atoms with Crippen molar-refractivity contribution in [2.24, 2.45) is 0 Å². The number of hydrogen-bond acceptors (Lipinski definition) is 5. The molecule has 0 saturated heterocycles. The van der Waals surface area contributed by atoms with Crippen LogP contribution >= 0.6 is 0 Å². The van der Waals surface area contributed by atoms with Gasteiger partial charge >= 0.3 is 0 Å². The van der Waals surface area contributed by atoms with E-state index in [2.05, 4.69) is 5.32 Å². The van der Waals surface area contributed by atoms with E-state index in [4.69, 9.17) is 9.47 Å². The molecule has 3 rings (SSSR count). The van der Waals surface area contributed by atoms with Gasteiger partial charge in [0.05, 0.1) is 24.8 Å². The summed E-state index contributed by atoms with van der Waals surface area (Å²) < 4.78 is 38.6. The normalized spacial score (nSPS) is 11.0. The molecular weight excluding hydrogens is 428 g/mol. The van der Waals surface area contributed by atoms with Crippen molar-refractivity contribution in [3.8, 4) is 11.5 Å². The fourth-order valence-corrected chi connectivity index (χ4v) is 4.67. The molecule has 0 radical (unpaired) electrons. The molecule has 0 aliphatic heterocycles. The van der Waals surface area contributed by atoms with Gasteiger partial charge in [-0.15, -0.1) is 0 Å². The van der Waals surface area contributed by atoms with E-state index in [1.165, 1.54) is 26.4 Å². The van der Waals surface area contributed by atoms with E-state index in [0.29, 0.717) is 12.3 Å². The lowest BCUT2D eigenvalue weighted by Gasteiger charge is -2.26. The van der Waals surface area contributed by atoms with Crippen molar-refractivity contribution in [1.82, 2.24) is 5.32 Å². The van der Waals surface area contributed by atoms with Gasteiger partial charge in [-0.25, -0.2) is 8.42 Å². The van der Waals surface area contributed by atoms with Crippen LogP contribution in [0.3, 0.4) is 0 Å². The summed E-state index contributed by atoms with van der Waals surface area (Å²) in [4.78, 5) is 12.9. The Morgan fingerprint density at radius 1 is 0.938 bits per heavy atom. The number of carbonyl (C=O) groups is 1. The van der Waals surface area contributed by atoms with Crippen LogP contribution in [0.25, 0.3) is 0 Å². The highest BCUT2D eigenvalue weighted by molar-refractivity contribution is 7.92. The molecule has 8 heteroatoms. The van der Waals surface area contributed by atoms with Gasteiger partial charge in [0.1, 0.15) is 18.0 Å². The molecule has 0 aliphatic rings. The minimum atomic E-state index is -4.04. The molecule has 0 aliphatic carbocycles. The first kappa shape index (κ1) is 23.1. The average Bonchev–Trinajstić information content (AvgIpc) is 2.81. The number of sulfonamides is 1. The van der Waals surface area contributed by atoms with Gasteiger partial charge in [-0.3, -0.25) is 9.10 Å².